The van der Waals surface area contributed by atoms with Crippen LogP contribution in [0, 0.1) is 6.92 Å². The van der Waals surface area contributed by atoms with Gasteiger partial charge in [-0.3, -0.25) is 9.25 Å². The molecule has 3 aromatic heterocycles. The average molecular weight is 531 g/mol. The van der Waals surface area contributed by atoms with E-state index in [0.29, 0.717) is 40.2 Å². The van der Waals surface area contributed by atoms with E-state index in [1.54, 1.807) is 43.5 Å². The lowest BCUT2D eigenvalue weighted by Crippen LogP contribution is -2.04. The van der Waals surface area contributed by atoms with E-state index in [4.69, 9.17) is 37.9 Å². The molecule has 4 rings (SSSR count). The Balaban J connectivity index is 1.44. The maximum absolute atomic E-state index is 11.2. The van der Waals surface area contributed by atoms with Crippen LogP contribution in [0.1, 0.15) is 22.6 Å². The second-order valence-electron chi connectivity index (χ2n) is 7.84. The lowest BCUT2D eigenvalue weighted by Gasteiger charge is -2.12. The Hall–Kier alpha value is -3.83. The van der Waals surface area contributed by atoms with E-state index in [2.05, 4.69) is 10.1 Å². The van der Waals surface area contributed by atoms with Crippen LogP contribution in [0.15, 0.2) is 57.4 Å². The maximum atomic E-state index is 11.2. The van der Waals surface area contributed by atoms with Crippen LogP contribution in [0.2, 0.25) is 0 Å². The Bertz CT molecular complexity index is 1400. The molecule has 0 aliphatic carbocycles. The van der Waals surface area contributed by atoms with Gasteiger partial charge < -0.3 is 37.9 Å². The number of furan rings is 1. The molecule has 0 aliphatic rings. The molecule has 0 radical (unpaired) electrons. The summed E-state index contributed by atoms with van der Waals surface area (Å²) >= 11 is 0. The summed E-state index contributed by atoms with van der Waals surface area (Å²) in [7, 11) is -2.84. The third-order valence-electron chi connectivity index (χ3n) is 5.12. The summed E-state index contributed by atoms with van der Waals surface area (Å²) in [4.78, 5) is 22.7. The SMILES string of the molecule is COc1cc(COc2nn(CCO)cc2C=CP(=O)(O)O)ccc1OCc1nc(-c2ccco2)oc1C. The van der Waals surface area contributed by atoms with Crippen LogP contribution in [0.4, 0.5) is 0 Å². The van der Waals surface area contributed by atoms with E-state index >= 15 is 0 Å². The van der Waals surface area contributed by atoms with E-state index in [9.17, 15) is 4.57 Å². The van der Waals surface area contributed by atoms with Gasteiger partial charge in [0.25, 0.3) is 5.89 Å². The lowest BCUT2D eigenvalue weighted by atomic mass is 10.2. The molecule has 3 N–H and O–H groups in total. The highest BCUT2D eigenvalue weighted by Gasteiger charge is 2.16. The van der Waals surface area contributed by atoms with E-state index in [-0.39, 0.29) is 32.2 Å². The number of aliphatic hydroxyl groups excluding tert-OH is 1. The van der Waals surface area contributed by atoms with Crippen molar-refractivity contribution in [3.05, 3.63) is 71.2 Å². The third-order valence-corrected chi connectivity index (χ3v) is 5.66. The first-order valence-corrected chi connectivity index (χ1v) is 12.8. The van der Waals surface area contributed by atoms with Gasteiger partial charge >= 0.3 is 7.60 Å². The number of aliphatic hydroxyl groups is 1. The zero-order chi connectivity index (χ0) is 26.4. The molecule has 0 fully saturated rings. The predicted molar refractivity (Wildman–Crippen MR) is 131 cm³/mol. The molecule has 0 atom stereocenters. The Kier molecular flexibility index (Phi) is 8.14. The van der Waals surface area contributed by atoms with Crippen molar-refractivity contribution in [1.82, 2.24) is 14.8 Å². The quantitative estimate of drug-likeness (QED) is 0.228. The third kappa shape index (κ3) is 6.89. The summed E-state index contributed by atoms with van der Waals surface area (Å²) in [6.07, 6.45) is 4.30. The Morgan fingerprint density at radius 1 is 1.16 bits per heavy atom. The number of methoxy groups -OCH3 is 1. The van der Waals surface area contributed by atoms with Crippen molar-refractivity contribution in [2.45, 2.75) is 26.7 Å². The van der Waals surface area contributed by atoms with Crippen molar-refractivity contribution in [3.63, 3.8) is 0 Å². The van der Waals surface area contributed by atoms with Crippen LogP contribution >= 0.6 is 7.60 Å². The highest BCUT2D eigenvalue weighted by molar-refractivity contribution is 7.55. The molecule has 0 saturated carbocycles. The van der Waals surface area contributed by atoms with Crippen LogP contribution in [0.5, 0.6) is 17.4 Å². The van der Waals surface area contributed by atoms with E-state index in [1.165, 1.54) is 24.1 Å². The van der Waals surface area contributed by atoms with E-state index < -0.39 is 7.60 Å². The summed E-state index contributed by atoms with van der Waals surface area (Å²) in [5.41, 5.74) is 1.72. The van der Waals surface area contributed by atoms with Gasteiger partial charge in [0, 0.05) is 12.0 Å². The number of hydrogen-bond donors (Lipinski definition) is 3. The van der Waals surface area contributed by atoms with Crippen LogP contribution in [-0.2, 0) is 24.3 Å². The van der Waals surface area contributed by atoms with Gasteiger partial charge in [-0.25, -0.2) is 4.98 Å². The first-order chi connectivity index (χ1) is 17.8. The number of aryl methyl sites for hydroxylation is 1. The van der Waals surface area contributed by atoms with Crippen molar-refractivity contribution >= 4 is 13.7 Å². The van der Waals surface area contributed by atoms with Gasteiger partial charge in [0.15, 0.2) is 17.3 Å². The fourth-order valence-electron chi connectivity index (χ4n) is 3.33. The summed E-state index contributed by atoms with van der Waals surface area (Å²) in [6, 6.07) is 8.78. The van der Waals surface area contributed by atoms with Gasteiger partial charge in [-0.2, -0.15) is 0 Å². The summed E-state index contributed by atoms with van der Waals surface area (Å²) in [5, 5.41) is 13.4. The van der Waals surface area contributed by atoms with E-state index in [1.807, 2.05) is 0 Å². The van der Waals surface area contributed by atoms with E-state index in [0.717, 1.165) is 11.4 Å². The molecule has 0 spiro atoms. The molecule has 3 heterocycles. The maximum Gasteiger partial charge on any atom is 0.349 e. The van der Waals surface area contributed by atoms with Crippen molar-refractivity contribution in [3.8, 4) is 29.0 Å². The molecule has 13 heteroatoms. The van der Waals surface area contributed by atoms with Crippen molar-refractivity contribution in [2.24, 2.45) is 0 Å². The molecular weight excluding hydrogens is 505 g/mol. The largest absolute Gasteiger partial charge is 0.493 e. The Morgan fingerprint density at radius 2 is 2.00 bits per heavy atom. The highest BCUT2D eigenvalue weighted by atomic mass is 31.2. The normalized spacial score (nSPS) is 11.8. The monoisotopic (exact) mass is 531 g/mol. The van der Waals surface area contributed by atoms with Crippen LogP contribution in [0.25, 0.3) is 17.7 Å². The molecule has 0 amide bonds. The molecule has 37 heavy (non-hydrogen) atoms. The second-order valence-corrected chi connectivity index (χ2v) is 9.32. The van der Waals surface area contributed by atoms with Crippen molar-refractivity contribution in [1.29, 1.82) is 0 Å². The number of ether oxygens (including phenoxy) is 3. The average Bonchev–Trinajstić information content (AvgIpc) is 3.60. The lowest BCUT2D eigenvalue weighted by molar-refractivity contribution is 0.259. The first-order valence-electron chi connectivity index (χ1n) is 11.1. The molecule has 196 valence electrons. The summed E-state index contributed by atoms with van der Waals surface area (Å²) in [5.74, 6) is 3.40. The van der Waals surface area contributed by atoms with Gasteiger partial charge in [0.1, 0.15) is 24.7 Å². The topological polar surface area (TPSA) is 162 Å². The number of rotatable bonds is 12. The predicted octanol–water partition coefficient (Wildman–Crippen LogP) is 3.75. The number of oxazole rings is 1. The van der Waals surface area contributed by atoms with Crippen LogP contribution in [-0.4, -0.2) is 43.4 Å². The molecule has 0 aliphatic heterocycles. The fourth-order valence-corrected chi connectivity index (χ4v) is 3.68. The van der Waals surface area contributed by atoms with Crippen molar-refractivity contribution < 1.29 is 42.5 Å². The molecule has 4 aromatic rings. The van der Waals surface area contributed by atoms with Crippen LogP contribution < -0.4 is 14.2 Å². The minimum Gasteiger partial charge on any atom is -0.493 e. The molecular formula is C24H26N3O9P. The van der Waals surface area contributed by atoms with Gasteiger partial charge in [0.05, 0.1) is 32.1 Å². The van der Waals surface area contributed by atoms with Crippen molar-refractivity contribution in [2.75, 3.05) is 13.7 Å². The molecule has 0 saturated heterocycles. The number of hydrogen-bond acceptors (Lipinski definition) is 9. The summed E-state index contributed by atoms with van der Waals surface area (Å²) < 4.78 is 40.8. The Labute approximate surface area is 211 Å². The zero-order valence-electron chi connectivity index (χ0n) is 20.1. The van der Waals surface area contributed by atoms with Gasteiger partial charge in [-0.1, -0.05) is 6.07 Å². The molecule has 12 nitrogen and oxygen atoms in total. The molecule has 0 unspecified atom stereocenters. The highest BCUT2D eigenvalue weighted by Crippen LogP contribution is 2.38. The van der Waals surface area contributed by atoms with Gasteiger partial charge in [0.2, 0.25) is 5.88 Å². The number of nitrogens with zero attached hydrogens (tertiary/aromatic N) is 3. The van der Waals surface area contributed by atoms with Gasteiger partial charge in [-0.15, -0.1) is 5.10 Å². The number of benzene rings is 1. The second kappa shape index (κ2) is 11.5. The number of aromatic nitrogens is 3. The molecule has 1 aromatic carbocycles. The zero-order valence-corrected chi connectivity index (χ0v) is 21.0. The van der Waals surface area contributed by atoms with Gasteiger partial charge in [-0.05, 0) is 42.8 Å². The standard InChI is InChI=1S/C24H26N3O9P/c1-16-19(25-24(36-16)21-4-3-10-33-21)15-34-20-6-5-17(12-22(20)32-2)14-35-23-18(7-11-37(29,30)31)13-27(26-23)8-9-28/h3-7,10-13,28H,8-9,14-15H2,1-2H3,(H2,29,30,31). The smallest absolute Gasteiger partial charge is 0.349 e. The minimum absolute atomic E-state index is 0.0957. The minimum atomic E-state index is -4.36. The Morgan fingerprint density at radius 3 is 2.70 bits per heavy atom. The summed E-state index contributed by atoms with van der Waals surface area (Å²) in [6.45, 7) is 2.09. The first kappa shape index (κ1) is 26.2. The fraction of sp³-hybridized carbons (Fsp3) is 0.250. The molecule has 0 bridgehead atoms. The van der Waals surface area contributed by atoms with Crippen LogP contribution in [0.3, 0.4) is 0 Å².